The molecule has 1 rings (SSSR count). The molecular weight excluding hydrogens is 248 g/mol. The van der Waals surface area contributed by atoms with Gasteiger partial charge in [0.1, 0.15) is 0 Å². The lowest BCUT2D eigenvalue weighted by Gasteiger charge is -2.09. The van der Waals surface area contributed by atoms with Crippen LogP contribution in [0.4, 0.5) is 0 Å². The second-order valence-corrected chi connectivity index (χ2v) is 3.94. The molecule has 0 aliphatic rings. The van der Waals surface area contributed by atoms with Gasteiger partial charge in [-0.05, 0) is 12.2 Å². The van der Waals surface area contributed by atoms with Gasteiger partial charge in [0.15, 0.2) is 5.11 Å². The predicted octanol–water partition coefficient (Wildman–Crippen LogP) is 0.647. The molecule has 5 nitrogen and oxygen atoms in total. The van der Waals surface area contributed by atoms with E-state index in [-0.39, 0.29) is 0 Å². The first kappa shape index (κ1) is 13.2. The fourth-order valence-corrected chi connectivity index (χ4v) is 1.43. The molecule has 1 aromatic heterocycles. The van der Waals surface area contributed by atoms with Crippen molar-refractivity contribution >= 4 is 28.9 Å². The Bertz CT molecular complexity index is 331. The molecule has 0 bridgehead atoms. The molecule has 0 radical (unpaired) electrons. The zero-order valence-electron chi connectivity index (χ0n) is 9.07. The lowest BCUT2D eigenvalue weighted by atomic mass is 10.6. The average Bonchev–Trinajstić information content (AvgIpc) is 2.65. The fourth-order valence-electron chi connectivity index (χ4n) is 1.07. The highest BCUT2D eigenvalue weighted by molar-refractivity contribution is 7.80. The SMILES string of the molecule is COCCNC(=S)NCCn1cc(Cl)cn1. The highest BCUT2D eigenvalue weighted by Gasteiger charge is 1.96. The Labute approximate surface area is 105 Å². The number of nitrogens with zero attached hydrogens (tertiary/aromatic N) is 2. The summed E-state index contributed by atoms with van der Waals surface area (Å²) in [7, 11) is 1.65. The van der Waals surface area contributed by atoms with Gasteiger partial charge in [0, 0.05) is 26.4 Å². The normalized spacial score (nSPS) is 10.1. The summed E-state index contributed by atoms with van der Waals surface area (Å²) in [6.45, 7) is 2.77. The first-order chi connectivity index (χ1) is 7.72. The van der Waals surface area contributed by atoms with E-state index >= 15 is 0 Å². The van der Waals surface area contributed by atoms with Gasteiger partial charge in [-0.25, -0.2) is 0 Å². The molecule has 0 aromatic carbocycles. The van der Waals surface area contributed by atoms with E-state index in [0.717, 1.165) is 6.54 Å². The minimum atomic E-state index is 0.621. The summed E-state index contributed by atoms with van der Waals surface area (Å²) in [5.74, 6) is 0. The summed E-state index contributed by atoms with van der Waals surface area (Å²) in [5.41, 5.74) is 0. The van der Waals surface area contributed by atoms with Crippen LogP contribution in [0.15, 0.2) is 12.4 Å². The van der Waals surface area contributed by atoms with Gasteiger partial charge in [-0.2, -0.15) is 5.10 Å². The maximum atomic E-state index is 5.73. The highest BCUT2D eigenvalue weighted by Crippen LogP contribution is 2.03. The number of thiocarbonyl (C=S) groups is 1. The lowest BCUT2D eigenvalue weighted by Crippen LogP contribution is -2.38. The Morgan fingerprint density at radius 3 is 2.94 bits per heavy atom. The first-order valence-corrected chi connectivity index (χ1v) is 5.69. The second kappa shape index (κ2) is 7.43. The quantitative estimate of drug-likeness (QED) is 0.582. The van der Waals surface area contributed by atoms with Crippen LogP contribution < -0.4 is 10.6 Å². The molecule has 0 saturated heterocycles. The number of halogens is 1. The molecule has 0 unspecified atom stereocenters. The molecule has 1 aromatic rings. The van der Waals surface area contributed by atoms with Crippen LogP contribution in [0, 0.1) is 0 Å². The largest absolute Gasteiger partial charge is 0.383 e. The average molecular weight is 263 g/mol. The van der Waals surface area contributed by atoms with E-state index in [1.807, 2.05) is 0 Å². The molecule has 0 aliphatic carbocycles. The van der Waals surface area contributed by atoms with Gasteiger partial charge in [0.05, 0.1) is 24.4 Å². The van der Waals surface area contributed by atoms with Crippen molar-refractivity contribution in [2.24, 2.45) is 0 Å². The van der Waals surface area contributed by atoms with Crippen molar-refractivity contribution in [2.75, 3.05) is 26.8 Å². The molecular formula is C9H15ClN4OS. The van der Waals surface area contributed by atoms with Crippen molar-refractivity contribution in [3.63, 3.8) is 0 Å². The van der Waals surface area contributed by atoms with Gasteiger partial charge in [-0.3, -0.25) is 4.68 Å². The monoisotopic (exact) mass is 262 g/mol. The number of hydrogen-bond acceptors (Lipinski definition) is 3. The van der Waals surface area contributed by atoms with Crippen molar-refractivity contribution in [3.05, 3.63) is 17.4 Å². The third-order valence-electron chi connectivity index (χ3n) is 1.82. The first-order valence-electron chi connectivity index (χ1n) is 4.91. The summed E-state index contributed by atoms with van der Waals surface area (Å²) < 4.78 is 6.65. The number of methoxy groups -OCH3 is 1. The number of aromatic nitrogens is 2. The second-order valence-electron chi connectivity index (χ2n) is 3.10. The number of nitrogens with one attached hydrogen (secondary N) is 2. The van der Waals surface area contributed by atoms with Crippen molar-refractivity contribution < 1.29 is 4.74 Å². The third-order valence-corrected chi connectivity index (χ3v) is 2.30. The Kier molecular flexibility index (Phi) is 6.14. The smallest absolute Gasteiger partial charge is 0.166 e. The zero-order valence-corrected chi connectivity index (χ0v) is 10.6. The van der Waals surface area contributed by atoms with Crippen LogP contribution in [0.2, 0.25) is 5.02 Å². The van der Waals surface area contributed by atoms with E-state index in [2.05, 4.69) is 15.7 Å². The molecule has 7 heteroatoms. The molecule has 0 amide bonds. The van der Waals surface area contributed by atoms with Crippen LogP contribution in [0.25, 0.3) is 0 Å². The molecule has 90 valence electrons. The molecule has 16 heavy (non-hydrogen) atoms. The molecule has 0 saturated carbocycles. The molecule has 0 aliphatic heterocycles. The Morgan fingerprint density at radius 2 is 2.31 bits per heavy atom. The highest BCUT2D eigenvalue weighted by atomic mass is 35.5. The number of ether oxygens (including phenoxy) is 1. The molecule has 0 spiro atoms. The standard InChI is InChI=1S/C9H15ClN4OS/c1-15-5-3-12-9(16)11-2-4-14-7-8(10)6-13-14/h6-7H,2-5H2,1H3,(H2,11,12,16). The summed E-state index contributed by atoms with van der Waals surface area (Å²) >= 11 is 10.8. The van der Waals surface area contributed by atoms with E-state index in [9.17, 15) is 0 Å². The van der Waals surface area contributed by atoms with Gasteiger partial charge >= 0.3 is 0 Å². The van der Waals surface area contributed by atoms with Gasteiger partial charge in [-0.15, -0.1) is 0 Å². The number of hydrogen-bond donors (Lipinski definition) is 2. The lowest BCUT2D eigenvalue weighted by molar-refractivity contribution is 0.204. The minimum Gasteiger partial charge on any atom is -0.383 e. The summed E-state index contributed by atoms with van der Waals surface area (Å²) in [4.78, 5) is 0. The van der Waals surface area contributed by atoms with E-state index in [4.69, 9.17) is 28.6 Å². The van der Waals surface area contributed by atoms with Gasteiger partial charge < -0.3 is 15.4 Å². The molecule has 0 fully saturated rings. The van der Waals surface area contributed by atoms with Crippen molar-refractivity contribution in [3.8, 4) is 0 Å². The Morgan fingerprint density at radius 1 is 1.56 bits per heavy atom. The fraction of sp³-hybridized carbons (Fsp3) is 0.556. The van der Waals surface area contributed by atoms with Crippen LogP contribution in [0.5, 0.6) is 0 Å². The van der Waals surface area contributed by atoms with Gasteiger partial charge in [-0.1, -0.05) is 11.6 Å². The number of rotatable bonds is 6. The Balaban J connectivity index is 2.08. The van der Waals surface area contributed by atoms with Crippen LogP contribution in [0.1, 0.15) is 0 Å². The maximum absolute atomic E-state index is 5.73. The third kappa shape index (κ3) is 5.29. The summed E-state index contributed by atoms with van der Waals surface area (Å²) in [5, 5.41) is 11.4. The van der Waals surface area contributed by atoms with Crippen LogP contribution >= 0.6 is 23.8 Å². The molecule has 0 atom stereocenters. The van der Waals surface area contributed by atoms with E-state index in [1.54, 1.807) is 24.2 Å². The van der Waals surface area contributed by atoms with Crippen LogP contribution in [0.3, 0.4) is 0 Å². The minimum absolute atomic E-state index is 0.621. The molecule has 2 N–H and O–H groups in total. The van der Waals surface area contributed by atoms with Gasteiger partial charge in [0.25, 0.3) is 0 Å². The van der Waals surface area contributed by atoms with Crippen molar-refractivity contribution in [1.82, 2.24) is 20.4 Å². The van der Waals surface area contributed by atoms with Crippen molar-refractivity contribution in [1.29, 1.82) is 0 Å². The van der Waals surface area contributed by atoms with Crippen LogP contribution in [-0.4, -0.2) is 41.7 Å². The van der Waals surface area contributed by atoms with E-state index in [1.165, 1.54) is 0 Å². The van der Waals surface area contributed by atoms with Crippen LogP contribution in [-0.2, 0) is 11.3 Å². The topological polar surface area (TPSA) is 51.1 Å². The molecule has 1 heterocycles. The van der Waals surface area contributed by atoms with Gasteiger partial charge in [0.2, 0.25) is 0 Å². The summed E-state index contributed by atoms with van der Waals surface area (Å²) in [6.07, 6.45) is 3.38. The predicted molar refractivity (Wildman–Crippen MR) is 67.7 cm³/mol. The Hall–Kier alpha value is -0.850. The zero-order chi connectivity index (χ0) is 11.8. The van der Waals surface area contributed by atoms with E-state index < -0.39 is 0 Å². The van der Waals surface area contributed by atoms with Crippen molar-refractivity contribution in [2.45, 2.75) is 6.54 Å². The maximum Gasteiger partial charge on any atom is 0.166 e. The summed E-state index contributed by atoms with van der Waals surface area (Å²) in [6, 6.07) is 0. The van der Waals surface area contributed by atoms with E-state index in [0.29, 0.717) is 29.8 Å².